The summed E-state index contributed by atoms with van der Waals surface area (Å²) in [6, 6.07) is 0. The molecule has 0 aromatic rings. The second kappa shape index (κ2) is 3.51. The summed E-state index contributed by atoms with van der Waals surface area (Å²) in [5, 5.41) is 0. The molecule has 0 aliphatic carbocycles. The SMILES string of the molecule is C#CCOC(=O)Cl. The fraction of sp³-hybridized carbons (Fsp3) is 0.250. The Bertz CT molecular complexity index is 103. The lowest BCUT2D eigenvalue weighted by Gasteiger charge is -1.86. The minimum atomic E-state index is -0.863. The van der Waals surface area contributed by atoms with Gasteiger partial charge < -0.3 is 4.74 Å². The summed E-state index contributed by atoms with van der Waals surface area (Å²) < 4.78 is 4.08. The number of carbonyl (C=O) groups excluding carboxylic acids is 1. The number of terminal acetylenes is 1. The molecule has 3 heteroatoms. The summed E-state index contributed by atoms with van der Waals surface area (Å²) in [4.78, 5) is 9.65. The van der Waals surface area contributed by atoms with Crippen molar-refractivity contribution >= 4 is 17.0 Å². The van der Waals surface area contributed by atoms with Crippen molar-refractivity contribution in [3.63, 3.8) is 0 Å². The average molecular weight is 119 g/mol. The molecule has 0 amide bonds. The van der Waals surface area contributed by atoms with Gasteiger partial charge in [-0.05, 0) is 0 Å². The van der Waals surface area contributed by atoms with E-state index in [0.29, 0.717) is 0 Å². The van der Waals surface area contributed by atoms with Crippen molar-refractivity contribution in [2.45, 2.75) is 0 Å². The Morgan fingerprint density at radius 1 is 2.00 bits per heavy atom. The number of carbonyl (C=O) groups is 1. The van der Waals surface area contributed by atoms with E-state index in [-0.39, 0.29) is 6.61 Å². The molecule has 0 bridgehead atoms. The molecular formula is C4H3ClO2. The predicted octanol–water partition coefficient (Wildman–Crippen LogP) is 0.995. The van der Waals surface area contributed by atoms with Gasteiger partial charge in [0.05, 0.1) is 0 Å². The van der Waals surface area contributed by atoms with E-state index in [1.165, 1.54) is 0 Å². The first kappa shape index (κ1) is 6.32. The van der Waals surface area contributed by atoms with Crippen molar-refractivity contribution in [2.75, 3.05) is 6.61 Å². The van der Waals surface area contributed by atoms with Crippen LogP contribution in [0.5, 0.6) is 0 Å². The molecule has 0 atom stereocenters. The second-order valence-electron chi connectivity index (χ2n) is 0.730. The zero-order chi connectivity index (χ0) is 5.70. The maximum atomic E-state index is 9.65. The first-order chi connectivity index (χ1) is 3.27. The fourth-order valence-electron chi connectivity index (χ4n) is 0.0984. The zero-order valence-electron chi connectivity index (χ0n) is 3.48. The Morgan fingerprint density at radius 2 is 2.57 bits per heavy atom. The number of rotatable bonds is 1. The molecular weight excluding hydrogens is 115 g/mol. The molecule has 0 rings (SSSR count). The molecule has 0 N–H and O–H groups in total. The summed E-state index contributed by atoms with van der Waals surface area (Å²) in [5.41, 5.74) is -0.863. The molecule has 0 radical (unpaired) electrons. The van der Waals surface area contributed by atoms with Crippen LogP contribution in [-0.4, -0.2) is 12.0 Å². The number of ether oxygens (including phenoxy) is 1. The lowest BCUT2D eigenvalue weighted by molar-refractivity contribution is 0.188. The highest BCUT2D eigenvalue weighted by molar-refractivity contribution is 6.61. The molecule has 0 heterocycles. The highest BCUT2D eigenvalue weighted by atomic mass is 35.5. The van der Waals surface area contributed by atoms with Gasteiger partial charge >= 0.3 is 5.43 Å². The van der Waals surface area contributed by atoms with Gasteiger partial charge in [0, 0.05) is 11.6 Å². The Morgan fingerprint density at radius 3 is 2.71 bits per heavy atom. The molecule has 0 fully saturated rings. The van der Waals surface area contributed by atoms with E-state index in [9.17, 15) is 4.79 Å². The van der Waals surface area contributed by atoms with E-state index in [0.717, 1.165) is 0 Å². The first-order valence-electron chi connectivity index (χ1n) is 1.53. The number of halogens is 1. The van der Waals surface area contributed by atoms with Crippen LogP contribution in [0.4, 0.5) is 4.79 Å². The molecule has 0 aliphatic heterocycles. The lowest BCUT2D eigenvalue weighted by Crippen LogP contribution is -1.91. The van der Waals surface area contributed by atoms with Crippen LogP contribution in [0, 0.1) is 12.3 Å². The normalized spacial score (nSPS) is 6.86. The summed E-state index contributed by atoms with van der Waals surface area (Å²) >= 11 is 4.70. The largest absolute Gasteiger partial charge is 0.441 e. The summed E-state index contributed by atoms with van der Waals surface area (Å²) in [7, 11) is 0. The molecule has 0 aromatic heterocycles. The Balaban J connectivity index is 3.02. The average Bonchev–Trinajstić information content (AvgIpc) is 1.61. The van der Waals surface area contributed by atoms with Gasteiger partial charge in [-0.15, -0.1) is 6.42 Å². The van der Waals surface area contributed by atoms with Crippen LogP contribution in [0.1, 0.15) is 0 Å². The van der Waals surface area contributed by atoms with Gasteiger partial charge in [-0.1, -0.05) is 5.92 Å². The van der Waals surface area contributed by atoms with Crippen molar-refractivity contribution in [1.29, 1.82) is 0 Å². The maximum Gasteiger partial charge on any atom is 0.404 e. The van der Waals surface area contributed by atoms with Crippen LogP contribution in [0.2, 0.25) is 0 Å². The van der Waals surface area contributed by atoms with Crippen LogP contribution in [0.25, 0.3) is 0 Å². The molecule has 0 spiro atoms. The first-order valence-corrected chi connectivity index (χ1v) is 1.91. The number of hydrogen-bond acceptors (Lipinski definition) is 2. The highest BCUT2D eigenvalue weighted by Crippen LogP contribution is 1.83. The maximum absolute atomic E-state index is 9.65. The van der Waals surface area contributed by atoms with E-state index in [4.69, 9.17) is 18.0 Å². The Kier molecular flexibility index (Phi) is 3.17. The molecule has 0 aliphatic rings. The van der Waals surface area contributed by atoms with E-state index in [1.54, 1.807) is 0 Å². The van der Waals surface area contributed by atoms with Crippen molar-refractivity contribution in [3.8, 4) is 12.3 Å². The molecule has 0 aromatic carbocycles. The molecule has 38 valence electrons. The number of hydrogen-bond donors (Lipinski definition) is 0. The monoisotopic (exact) mass is 118 g/mol. The predicted molar refractivity (Wildman–Crippen MR) is 26.0 cm³/mol. The third kappa shape index (κ3) is 5.32. The third-order valence-corrected chi connectivity index (χ3v) is 0.378. The summed E-state index contributed by atoms with van der Waals surface area (Å²) in [6.07, 6.45) is 4.69. The van der Waals surface area contributed by atoms with Gasteiger partial charge in [0.25, 0.3) is 0 Å². The van der Waals surface area contributed by atoms with Crippen molar-refractivity contribution in [2.24, 2.45) is 0 Å². The van der Waals surface area contributed by atoms with E-state index < -0.39 is 5.43 Å². The molecule has 2 nitrogen and oxygen atoms in total. The van der Waals surface area contributed by atoms with E-state index in [1.807, 2.05) is 0 Å². The van der Waals surface area contributed by atoms with Gasteiger partial charge in [-0.2, -0.15) is 0 Å². The van der Waals surface area contributed by atoms with Crippen LogP contribution in [0.15, 0.2) is 0 Å². The Labute approximate surface area is 46.4 Å². The topological polar surface area (TPSA) is 26.3 Å². The van der Waals surface area contributed by atoms with E-state index >= 15 is 0 Å². The highest BCUT2D eigenvalue weighted by Gasteiger charge is 1.87. The third-order valence-electron chi connectivity index (χ3n) is 0.269. The van der Waals surface area contributed by atoms with Crippen LogP contribution in [-0.2, 0) is 4.74 Å². The van der Waals surface area contributed by atoms with Crippen molar-refractivity contribution < 1.29 is 9.53 Å². The van der Waals surface area contributed by atoms with Crippen molar-refractivity contribution in [1.82, 2.24) is 0 Å². The molecule has 7 heavy (non-hydrogen) atoms. The van der Waals surface area contributed by atoms with E-state index in [2.05, 4.69) is 10.7 Å². The smallest absolute Gasteiger partial charge is 0.404 e. The summed E-state index contributed by atoms with van der Waals surface area (Å²) in [5.74, 6) is 2.07. The van der Waals surface area contributed by atoms with Crippen LogP contribution >= 0.6 is 11.6 Å². The minimum Gasteiger partial charge on any atom is -0.441 e. The fourth-order valence-corrected chi connectivity index (χ4v) is 0.153. The van der Waals surface area contributed by atoms with Gasteiger partial charge in [0.15, 0.2) is 6.61 Å². The van der Waals surface area contributed by atoms with Crippen LogP contribution in [0.3, 0.4) is 0 Å². The minimum absolute atomic E-state index is 0.0532. The second-order valence-corrected chi connectivity index (χ2v) is 1.04. The molecule has 0 unspecified atom stereocenters. The van der Waals surface area contributed by atoms with Gasteiger partial charge in [0.1, 0.15) is 0 Å². The molecule has 0 saturated heterocycles. The summed E-state index contributed by atoms with van der Waals surface area (Å²) in [6.45, 7) is -0.0532. The Hall–Kier alpha value is -0.680. The standard InChI is InChI=1S/C4H3ClO2/c1-2-3-7-4(5)6/h1H,3H2. The van der Waals surface area contributed by atoms with Gasteiger partial charge in [0.2, 0.25) is 0 Å². The lowest BCUT2D eigenvalue weighted by atomic mass is 10.8. The quantitative estimate of drug-likeness (QED) is 0.379. The van der Waals surface area contributed by atoms with Crippen molar-refractivity contribution in [3.05, 3.63) is 0 Å². The van der Waals surface area contributed by atoms with Crippen LogP contribution < -0.4 is 0 Å². The molecule has 0 saturated carbocycles. The zero-order valence-corrected chi connectivity index (χ0v) is 4.23. The van der Waals surface area contributed by atoms with Gasteiger partial charge in [-0.25, -0.2) is 4.79 Å². The van der Waals surface area contributed by atoms with Gasteiger partial charge in [-0.3, -0.25) is 0 Å².